The van der Waals surface area contributed by atoms with Crippen molar-refractivity contribution >= 4 is 0 Å². The largest absolute Gasteiger partial charge is 0.455 e. The molecule has 7 heteroatoms. The lowest BCUT2D eigenvalue weighted by Crippen LogP contribution is -1.99. The van der Waals surface area contributed by atoms with Gasteiger partial charge in [0.2, 0.25) is 5.82 Å². The van der Waals surface area contributed by atoms with Gasteiger partial charge in [0, 0.05) is 18.5 Å². The summed E-state index contributed by atoms with van der Waals surface area (Å²) in [6, 6.07) is 16.7. The Morgan fingerprint density at radius 1 is 0.920 bits per heavy atom. The summed E-state index contributed by atoms with van der Waals surface area (Å²) in [4.78, 5) is 9.90. The molecule has 0 saturated carbocycles. The summed E-state index contributed by atoms with van der Waals surface area (Å²) in [5.41, 5.74) is 2.24. The third kappa shape index (κ3) is 3.20. The van der Waals surface area contributed by atoms with Crippen LogP contribution >= 0.6 is 0 Å². The number of aryl methyl sites for hydroxylation is 1. The van der Waals surface area contributed by atoms with E-state index in [1.165, 1.54) is 4.80 Å². The first-order valence-electron chi connectivity index (χ1n) is 7.71. The van der Waals surface area contributed by atoms with Gasteiger partial charge in [0.05, 0.1) is 11.4 Å². The summed E-state index contributed by atoms with van der Waals surface area (Å²) in [6.45, 7) is 1.90. The summed E-state index contributed by atoms with van der Waals surface area (Å²) in [5.74, 6) is 1.85. The number of benzene rings is 1. The van der Waals surface area contributed by atoms with E-state index in [0.29, 0.717) is 23.0 Å². The zero-order valence-electron chi connectivity index (χ0n) is 13.4. The van der Waals surface area contributed by atoms with Gasteiger partial charge in [-0.15, -0.1) is 15.0 Å². The van der Waals surface area contributed by atoms with E-state index in [1.807, 2.05) is 61.5 Å². The second kappa shape index (κ2) is 6.48. The van der Waals surface area contributed by atoms with Crippen LogP contribution < -0.4 is 4.74 Å². The summed E-state index contributed by atoms with van der Waals surface area (Å²) < 4.78 is 5.90. The highest BCUT2D eigenvalue weighted by Crippen LogP contribution is 2.25. The number of hydrogen-bond donors (Lipinski definition) is 0. The Kier molecular flexibility index (Phi) is 3.88. The quantitative estimate of drug-likeness (QED) is 0.572. The van der Waals surface area contributed by atoms with Crippen molar-refractivity contribution in [3.8, 4) is 28.7 Å². The van der Waals surface area contributed by atoms with Crippen LogP contribution in [0.1, 0.15) is 5.69 Å². The lowest BCUT2D eigenvalue weighted by molar-refractivity contribution is 0.475. The predicted octanol–water partition coefficient (Wildman–Crippen LogP) is 3.22. The summed E-state index contributed by atoms with van der Waals surface area (Å²) in [7, 11) is 0. The van der Waals surface area contributed by atoms with Crippen molar-refractivity contribution in [1.82, 2.24) is 30.2 Å². The van der Waals surface area contributed by atoms with Crippen molar-refractivity contribution in [2.24, 2.45) is 0 Å². The van der Waals surface area contributed by atoms with Crippen LogP contribution in [0.2, 0.25) is 0 Å². The number of nitrogens with zero attached hydrogens (tertiary/aromatic N) is 6. The number of pyridine rings is 2. The lowest BCUT2D eigenvalue weighted by atomic mass is 10.3. The summed E-state index contributed by atoms with van der Waals surface area (Å²) in [6.07, 6.45) is 3.43. The highest BCUT2D eigenvalue weighted by Gasteiger charge is 2.09. The average molecular weight is 330 g/mol. The summed E-state index contributed by atoms with van der Waals surface area (Å²) in [5, 5.41) is 12.5. The fourth-order valence-corrected chi connectivity index (χ4v) is 2.30. The molecule has 3 aromatic heterocycles. The van der Waals surface area contributed by atoms with Gasteiger partial charge in [-0.25, -0.2) is 0 Å². The van der Waals surface area contributed by atoms with Crippen molar-refractivity contribution in [2.75, 3.05) is 0 Å². The minimum absolute atomic E-state index is 0.468. The van der Waals surface area contributed by atoms with Gasteiger partial charge in [-0.3, -0.25) is 9.97 Å². The van der Waals surface area contributed by atoms with E-state index in [9.17, 15) is 0 Å². The maximum absolute atomic E-state index is 5.90. The molecule has 0 atom stereocenters. The molecule has 4 rings (SSSR count). The lowest BCUT2D eigenvalue weighted by Gasteiger charge is -2.08. The van der Waals surface area contributed by atoms with E-state index < -0.39 is 0 Å². The van der Waals surface area contributed by atoms with Gasteiger partial charge < -0.3 is 4.74 Å². The van der Waals surface area contributed by atoms with Crippen molar-refractivity contribution < 1.29 is 4.74 Å². The molecule has 0 aliphatic carbocycles. The molecule has 7 nitrogen and oxygen atoms in total. The second-order valence-electron chi connectivity index (χ2n) is 5.30. The fraction of sp³-hybridized carbons (Fsp3) is 0.0556. The molecule has 4 aromatic rings. The Morgan fingerprint density at radius 2 is 1.84 bits per heavy atom. The molecule has 0 fully saturated rings. The molecule has 0 spiro atoms. The van der Waals surface area contributed by atoms with Crippen LogP contribution in [0.25, 0.3) is 17.2 Å². The number of tetrazole rings is 1. The molecular formula is C18H14N6O. The van der Waals surface area contributed by atoms with Crippen LogP contribution in [0.3, 0.4) is 0 Å². The number of hydrogen-bond acceptors (Lipinski definition) is 6. The SMILES string of the molecule is Cc1ncccc1Oc1cccc(-n2nnc(-c3ccccn3)n2)c1. The maximum atomic E-state index is 5.90. The Labute approximate surface area is 144 Å². The van der Waals surface area contributed by atoms with E-state index in [-0.39, 0.29) is 0 Å². The molecule has 0 unspecified atom stereocenters. The van der Waals surface area contributed by atoms with Gasteiger partial charge in [0.25, 0.3) is 0 Å². The minimum atomic E-state index is 0.468. The van der Waals surface area contributed by atoms with E-state index in [4.69, 9.17) is 4.74 Å². The fourth-order valence-electron chi connectivity index (χ4n) is 2.30. The molecule has 0 saturated heterocycles. The van der Waals surface area contributed by atoms with Crippen molar-refractivity contribution in [1.29, 1.82) is 0 Å². The number of aromatic nitrogens is 6. The molecule has 0 amide bonds. The molecule has 122 valence electrons. The predicted molar refractivity (Wildman–Crippen MR) is 91.4 cm³/mol. The van der Waals surface area contributed by atoms with E-state index >= 15 is 0 Å². The molecule has 0 bridgehead atoms. The van der Waals surface area contributed by atoms with Gasteiger partial charge in [-0.05, 0) is 48.5 Å². The third-order valence-corrected chi connectivity index (χ3v) is 3.54. The molecule has 0 aliphatic rings. The topological polar surface area (TPSA) is 78.6 Å². The molecule has 0 aliphatic heterocycles. The van der Waals surface area contributed by atoms with Gasteiger partial charge >= 0.3 is 0 Å². The van der Waals surface area contributed by atoms with E-state index in [1.54, 1.807) is 12.4 Å². The first kappa shape index (κ1) is 14.9. The molecule has 0 radical (unpaired) electrons. The Bertz CT molecular complexity index is 999. The van der Waals surface area contributed by atoms with E-state index in [0.717, 1.165) is 11.4 Å². The Balaban J connectivity index is 1.62. The maximum Gasteiger partial charge on any atom is 0.223 e. The van der Waals surface area contributed by atoms with Gasteiger partial charge in [-0.2, -0.15) is 0 Å². The van der Waals surface area contributed by atoms with Gasteiger partial charge in [0.15, 0.2) is 0 Å². The molecule has 3 heterocycles. The standard InChI is InChI=1S/C18H14N6O/c1-13-17(9-5-11-19-13)25-15-7-4-6-14(12-15)24-22-18(21-23-24)16-8-2-3-10-20-16/h2-12H,1H3. The van der Waals surface area contributed by atoms with Gasteiger partial charge in [-0.1, -0.05) is 12.1 Å². The van der Waals surface area contributed by atoms with Crippen LogP contribution in [0, 0.1) is 6.92 Å². The first-order chi connectivity index (χ1) is 12.3. The van der Waals surface area contributed by atoms with Crippen LogP contribution in [0.4, 0.5) is 0 Å². The van der Waals surface area contributed by atoms with Crippen molar-refractivity contribution in [3.05, 3.63) is 72.7 Å². The summed E-state index contributed by atoms with van der Waals surface area (Å²) >= 11 is 0. The van der Waals surface area contributed by atoms with Crippen LogP contribution in [-0.2, 0) is 0 Å². The monoisotopic (exact) mass is 330 g/mol. The van der Waals surface area contributed by atoms with Gasteiger partial charge in [0.1, 0.15) is 17.2 Å². The number of rotatable bonds is 4. The van der Waals surface area contributed by atoms with E-state index in [2.05, 4.69) is 25.4 Å². The highest BCUT2D eigenvalue weighted by molar-refractivity contribution is 5.47. The number of ether oxygens (including phenoxy) is 1. The average Bonchev–Trinajstić information content (AvgIpc) is 3.15. The molecule has 0 N–H and O–H groups in total. The zero-order valence-corrected chi connectivity index (χ0v) is 13.4. The Hall–Kier alpha value is -3.61. The Morgan fingerprint density at radius 3 is 2.68 bits per heavy atom. The minimum Gasteiger partial charge on any atom is -0.455 e. The smallest absolute Gasteiger partial charge is 0.223 e. The van der Waals surface area contributed by atoms with Crippen molar-refractivity contribution in [2.45, 2.75) is 6.92 Å². The highest BCUT2D eigenvalue weighted by atomic mass is 16.5. The second-order valence-corrected chi connectivity index (χ2v) is 5.30. The normalized spacial score (nSPS) is 10.6. The van der Waals surface area contributed by atoms with Crippen LogP contribution in [-0.4, -0.2) is 30.2 Å². The zero-order chi connectivity index (χ0) is 17.1. The van der Waals surface area contributed by atoms with Crippen LogP contribution in [0.15, 0.2) is 67.0 Å². The molecule has 1 aromatic carbocycles. The molecule has 25 heavy (non-hydrogen) atoms. The molecular weight excluding hydrogens is 316 g/mol. The van der Waals surface area contributed by atoms with Crippen LogP contribution in [0.5, 0.6) is 11.5 Å². The third-order valence-electron chi connectivity index (χ3n) is 3.54. The van der Waals surface area contributed by atoms with Crippen molar-refractivity contribution in [3.63, 3.8) is 0 Å². The first-order valence-corrected chi connectivity index (χ1v) is 7.71.